The smallest absolute Gasteiger partial charge is 0.264 e. The van der Waals surface area contributed by atoms with E-state index >= 15 is 0 Å². The van der Waals surface area contributed by atoms with Gasteiger partial charge >= 0.3 is 0 Å². The van der Waals surface area contributed by atoms with Crippen molar-refractivity contribution >= 4 is 34.3 Å². The summed E-state index contributed by atoms with van der Waals surface area (Å²) in [5, 5.41) is 13.9. The summed E-state index contributed by atoms with van der Waals surface area (Å²) >= 11 is 6.59. The monoisotopic (exact) mass is 470 g/mol. The number of hydrogen-bond acceptors (Lipinski definition) is 7. The Morgan fingerprint density at radius 3 is 2.70 bits per heavy atom. The van der Waals surface area contributed by atoms with Crippen LogP contribution in [0.3, 0.4) is 0 Å². The molecular weight excluding hydrogens is 440 g/mol. The lowest BCUT2D eigenvalue weighted by molar-refractivity contribution is 0.268. The van der Waals surface area contributed by atoms with Gasteiger partial charge in [0.05, 0.1) is 24.7 Å². The summed E-state index contributed by atoms with van der Waals surface area (Å²) in [6.07, 6.45) is 5.82. The average Bonchev–Trinajstić information content (AvgIpc) is 3.29. The molecule has 0 radical (unpaired) electrons. The molecule has 0 saturated carbocycles. The van der Waals surface area contributed by atoms with Gasteiger partial charge in [-0.15, -0.1) is 0 Å². The molecule has 1 atom stereocenters. The highest BCUT2D eigenvalue weighted by atomic mass is 35.5. The normalized spacial score (nSPS) is 15.2. The van der Waals surface area contributed by atoms with E-state index in [2.05, 4.69) is 26.3 Å². The van der Waals surface area contributed by atoms with Crippen LogP contribution in [0.15, 0.2) is 35.3 Å². The number of anilines is 2. The first-order valence-electron chi connectivity index (χ1n) is 11.5. The van der Waals surface area contributed by atoms with E-state index in [1.807, 2.05) is 19.1 Å². The maximum atomic E-state index is 13.4. The van der Waals surface area contributed by atoms with Crippen molar-refractivity contribution in [1.29, 1.82) is 0 Å². The Labute approximate surface area is 198 Å². The zero-order chi connectivity index (χ0) is 23.4. The van der Waals surface area contributed by atoms with Crippen LogP contribution in [0.25, 0.3) is 10.9 Å². The van der Waals surface area contributed by atoms with Crippen molar-refractivity contribution in [2.24, 2.45) is 0 Å². The minimum Gasteiger partial charge on any atom is -0.394 e. The first-order valence-corrected chi connectivity index (χ1v) is 11.9. The second kappa shape index (κ2) is 10.5. The molecule has 33 heavy (non-hydrogen) atoms. The molecule has 9 heteroatoms. The first kappa shape index (κ1) is 23.5. The number of fused-ring (bicyclic) bond motifs is 1. The minimum absolute atomic E-state index is 0.0698. The third-order valence-electron chi connectivity index (χ3n) is 6.10. The summed E-state index contributed by atoms with van der Waals surface area (Å²) in [6, 6.07) is 7.60. The zero-order valence-electron chi connectivity index (χ0n) is 18.9. The summed E-state index contributed by atoms with van der Waals surface area (Å²) in [7, 11) is 0. The van der Waals surface area contributed by atoms with Crippen LogP contribution in [0.2, 0.25) is 5.02 Å². The van der Waals surface area contributed by atoms with Crippen molar-refractivity contribution in [1.82, 2.24) is 19.4 Å². The van der Waals surface area contributed by atoms with Gasteiger partial charge in [0, 0.05) is 17.8 Å². The maximum Gasteiger partial charge on any atom is 0.264 e. The Hall–Kier alpha value is -2.68. The number of pyridine rings is 1. The van der Waals surface area contributed by atoms with Crippen LogP contribution >= 0.6 is 11.6 Å². The van der Waals surface area contributed by atoms with Gasteiger partial charge in [0.2, 0.25) is 5.95 Å². The third-order valence-corrected chi connectivity index (χ3v) is 6.45. The van der Waals surface area contributed by atoms with Crippen molar-refractivity contribution in [2.45, 2.75) is 51.7 Å². The van der Waals surface area contributed by atoms with Crippen molar-refractivity contribution in [2.75, 3.05) is 30.7 Å². The van der Waals surface area contributed by atoms with Gasteiger partial charge < -0.3 is 20.7 Å². The molecule has 1 aliphatic rings. The second-order valence-electron chi connectivity index (χ2n) is 8.66. The predicted molar refractivity (Wildman–Crippen MR) is 133 cm³/mol. The van der Waals surface area contributed by atoms with Crippen molar-refractivity contribution < 1.29 is 5.11 Å². The molecule has 3 aromatic rings. The van der Waals surface area contributed by atoms with Crippen molar-refractivity contribution in [3.05, 3.63) is 57.0 Å². The van der Waals surface area contributed by atoms with E-state index in [-0.39, 0.29) is 24.2 Å². The summed E-state index contributed by atoms with van der Waals surface area (Å²) in [5.41, 5.74) is 8.14. The number of nitrogens with zero attached hydrogens (tertiary/aromatic N) is 4. The number of rotatable bonds is 9. The highest BCUT2D eigenvalue weighted by Gasteiger charge is 2.17. The van der Waals surface area contributed by atoms with Gasteiger partial charge in [-0.05, 0) is 55.6 Å². The van der Waals surface area contributed by atoms with Crippen LogP contribution in [0.5, 0.6) is 0 Å². The standard InChI is InChI=1S/C24H31ClN6O2/c1-2-5-18(15-32)27-22-21-20(28-24(26)29-22)8-11-31(23(21)33)14-17-7-6-16(12-19(17)25)13-30-9-3-4-10-30/h6-8,11-12,18,32H,2-5,9-10,13-15H2,1H3,(H3,26,27,28,29)/t18-/m0/s1. The van der Waals surface area contributed by atoms with E-state index in [4.69, 9.17) is 17.3 Å². The molecule has 2 aromatic heterocycles. The lowest BCUT2D eigenvalue weighted by atomic mass is 10.1. The van der Waals surface area contributed by atoms with Crippen LogP contribution < -0.4 is 16.6 Å². The average molecular weight is 471 g/mol. The van der Waals surface area contributed by atoms with Crippen LogP contribution in [0.1, 0.15) is 43.7 Å². The van der Waals surface area contributed by atoms with Gasteiger partial charge in [0.15, 0.2) is 0 Å². The number of benzene rings is 1. The number of nitrogens with one attached hydrogen (secondary N) is 1. The number of nitrogens with two attached hydrogens (primary N) is 1. The van der Waals surface area contributed by atoms with Gasteiger partial charge in [0.25, 0.3) is 5.56 Å². The molecule has 1 aliphatic heterocycles. The molecule has 0 unspecified atom stereocenters. The summed E-state index contributed by atoms with van der Waals surface area (Å²) in [4.78, 5) is 24.3. The number of aliphatic hydroxyl groups is 1. The molecule has 0 bridgehead atoms. The fourth-order valence-corrected chi connectivity index (χ4v) is 4.64. The van der Waals surface area contributed by atoms with Crippen molar-refractivity contribution in [3.63, 3.8) is 0 Å². The van der Waals surface area contributed by atoms with E-state index in [1.54, 1.807) is 16.8 Å². The number of halogens is 1. The number of aliphatic hydroxyl groups excluding tert-OH is 1. The Kier molecular flexibility index (Phi) is 7.47. The van der Waals surface area contributed by atoms with E-state index < -0.39 is 0 Å². The molecule has 0 aliphatic carbocycles. The first-order chi connectivity index (χ1) is 16.0. The number of nitrogen functional groups attached to an aromatic ring is 1. The summed E-state index contributed by atoms with van der Waals surface area (Å²) in [6.45, 7) is 5.45. The molecule has 1 fully saturated rings. The third kappa shape index (κ3) is 5.46. The van der Waals surface area contributed by atoms with E-state index in [0.29, 0.717) is 28.3 Å². The molecule has 0 spiro atoms. The Morgan fingerprint density at radius 1 is 1.21 bits per heavy atom. The molecule has 176 valence electrons. The van der Waals surface area contributed by atoms with Gasteiger partial charge in [0.1, 0.15) is 11.2 Å². The number of aromatic nitrogens is 3. The number of hydrogen-bond donors (Lipinski definition) is 3. The van der Waals surface area contributed by atoms with Gasteiger partial charge in [-0.2, -0.15) is 4.98 Å². The highest BCUT2D eigenvalue weighted by molar-refractivity contribution is 6.31. The van der Waals surface area contributed by atoms with E-state index in [1.165, 1.54) is 18.4 Å². The topological polar surface area (TPSA) is 109 Å². The van der Waals surface area contributed by atoms with Crippen LogP contribution in [-0.4, -0.2) is 50.3 Å². The van der Waals surface area contributed by atoms with Crippen LogP contribution in [0, 0.1) is 0 Å². The summed E-state index contributed by atoms with van der Waals surface area (Å²) in [5.74, 6) is 0.420. The Balaban J connectivity index is 1.63. The number of likely N-dealkylation sites (tertiary alicyclic amines) is 1. The van der Waals surface area contributed by atoms with Crippen LogP contribution in [-0.2, 0) is 13.1 Å². The fraction of sp³-hybridized carbons (Fsp3) is 0.458. The fourth-order valence-electron chi connectivity index (χ4n) is 4.38. The summed E-state index contributed by atoms with van der Waals surface area (Å²) < 4.78 is 1.60. The molecule has 4 N–H and O–H groups in total. The maximum absolute atomic E-state index is 13.4. The molecule has 3 heterocycles. The SMILES string of the molecule is CCC[C@@H](CO)Nc1nc(N)nc2ccn(Cc3ccc(CN4CCCC4)cc3Cl)c(=O)c12. The Morgan fingerprint density at radius 2 is 2.00 bits per heavy atom. The van der Waals surface area contributed by atoms with Gasteiger partial charge in [-0.1, -0.05) is 37.1 Å². The Bertz CT molecular complexity index is 1180. The zero-order valence-corrected chi connectivity index (χ0v) is 19.7. The van der Waals surface area contributed by atoms with E-state index in [0.717, 1.165) is 38.0 Å². The van der Waals surface area contributed by atoms with Gasteiger partial charge in [-0.25, -0.2) is 4.98 Å². The molecule has 1 saturated heterocycles. The minimum atomic E-state index is -0.236. The molecule has 0 amide bonds. The lowest BCUT2D eigenvalue weighted by Crippen LogP contribution is -2.27. The predicted octanol–water partition coefficient (Wildman–Crippen LogP) is 3.24. The second-order valence-corrected chi connectivity index (χ2v) is 9.07. The molecular formula is C24H31ClN6O2. The largest absolute Gasteiger partial charge is 0.394 e. The lowest BCUT2D eigenvalue weighted by Gasteiger charge is -2.18. The van der Waals surface area contributed by atoms with Gasteiger partial charge in [-0.3, -0.25) is 9.69 Å². The van der Waals surface area contributed by atoms with E-state index in [9.17, 15) is 9.90 Å². The van der Waals surface area contributed by atoms with Crippen molar-refractivity contribution in [3.8, 4) is 0 Å². The molecule has 1 aromatic carbocycles. The highest BCUT2D eigenvalue weighted by Crippen LogP contribution is 2.23. The van der Waals surface area contributed by atoms with Crippen LogP contribution in [0.4, 0.5) is 11.8 Å². The molecule has 8 nitrogen and oxygen atoms in total. The quantitative estimate of drug-likeness (QED) is 0.440. The molecule has 4 rings (SSSR count).